The van der Waals surface area contributed by atoms with Crippen molar-refractivity contribution in [1.29, 1.82) is 0 Å². The minimum atomic E-state index is -3.17. The quantitative estimate of drug-likeness (QED) is 0.593. The molecule has 1 heterocycles. The summed E-state index contributed by atoms with van der Waals surface area (Å²) < 4.78 is 37.4. The maximum atomic E-state index is 10.9. The molecule has 0 aliphatic carbocycles. The van der Waals surface area contributed by atoms with Crippen LogP contribution in [0.4, 0.5) is 0 Å². The first-order chi connectivity index (χ1) is 10.5. The summed E-state index contributed by atoms with van der Waals surface area (Å²) in [6.07, 6.45) is 5.40. The first-order valence-electron chi connectivity index (χ1n) is 7.55. The fourth-order valence-corrected chi connectivity index (χ4v) is 2.34. The number of hydrogen-bond donors (Lipinski definition) is 1. The first kappa shape index (κ1) is 20.0. The van der Waals surface area contributed by atoms with Gasteiger partial charge < -0.3 is 9.47 Å². The highest BCUT2D eigenvalue weighted by Crippen LogP contribution is 2.20. The SMILES string of the molecule is CC(C)(COCCNS(C)(=O)=O)OCCC(C)(C)n1ccnn1. The Labute approximate surface area is 138 Å². The monoisotopic (exact) mass is 348 g/mol. The molecular weight excluding hydrogens is 320 g/mol. The van der Waals surface area contributed by atoms with E-state index in [2.05, 4.69) is 28.9 Å². The van der Waals surface area contributed by atoms with Gasteiger partial charge in [0.2, 0.25) is 10.0 Å². The highest BCUT2D eigenvalue weighted by molar-refractivity contribution is 7.88. The summed E-state index contributed by atoms with van der Waals surface area (Å²) in [6, 6.07) is 0. The minimum Gasteiger partial charge on any atom is -0.377 e. The van der Waals surface area contributed by atoms with Crippen LogP contribution in [-0.4, -0.2) is 61.6 Å². The molecule has 0 aromatic carbocycles. The number of sulfonamides is 1. The van der Waals surface area contributed by atoms with Crippen LogP contribution in [0.1, 0.15) is 34.1 Å². The minimum absolute atomic E-state index is 0.174. The topological polar surface area (TPSA) is 95.3 Å². The van der Waals surface area contributed by atoms with Crippen LogP contribution in [0.25, 0.3) is 0 Å². The van der Waals surface area contributed by atoms with Gasteiger partial charge >= 0.3 is 0 Å². The van der Waals surface area contributed by atoms with Gasteiger partial charge in [-0.1, -0.05) is 5.21 Å². The number of ether oxygens (including phenoxy) is 2. The fourth-order valence-electron chi connectivity index (χ4n) is 1.88. The van der Waals surface area contributed by atoms with E-state index in [9.17, 15) is 8.42 Å². The Morgan fingerprint density at radius 1 is 1.22 bits per heavy atom. The van der Waals surface area contributed by atoms with Crippen LogP contribution in [0.3, 0.4) is 0 Å². The van der Waals surface area contributed by atoms with Gasteiger partial charge in [0.25, 0.3) is 0 Å². The lowest BCUT2D eigenvalue weighted by atomic mass is 10.0. The Morgan fingerprint density at radius 3 is 2.48 bits per heavy atom. The summed E-state index contributed by atoms with van der Waals surface area (Å²) in [7, 11) is -3.17. The smallest absolute Gasteiger partial charge is 0.208 e. The molecule has 0 unspecified atom stereocenters. The van der Waals surface area contributed by atoms with Crippen molar-refractivity contribution in [2.45, 2.75) is 45.3 Å². The van der Waals surface area contributed by atoms with Crippen molar-refractivity contribution in [2.75, 3.05) is 32.6 Å². The molecule has 0 atom stereocenters. The van der Waals surface area contributed by atoms with Gasteiger partial charge in [-0.3, -0.25) is 0 Å². The Morgan fingerprint density at radius 2 is 1.91 bits per heavy atom. The van der Waals surface area contributed by atoms with Crippen molar-refractivity contribution in [3.63, 3.8) is 0 Å². The molecule has 1 N–H and O–H groups in total. The number of aromatic nitrogens is 3. The second kappa shape index (κ2) is 8.18. The number of nitrogens with one attached hydrogen (secondary N) is 1. The molecule has 0 spiro atoms. The van der Waals surface area contributed by atoms with Crippen LogP contribution in [0.2, 0.25) is 0 Å². The van der Waals surface area contributed by atoms with Gasteiger partial charge in [-0.05, 0) is 34.1 Å². The number of hydrogen-bond acceptors (Lipinski definition) is 6. The van der Waals surface area contributed by atoms with Gasteiger partial charge in [0.05, 0.1) is 36.8 Å². The maximum absolute atomic E-state index is 10.9. The molecule has 0 saturated heterocycles. The Balaban J connectivity index is 2.24. The highest BCUT2D eigenvalue weighted by atomic mass is 32.2. The molecule has 1 rings (SSSR count). The molecule has 23 heavy (non-hydrogen) atoms. The zero-order valence-corrected chi connectivity index (χ0v) is 15.4. The third-order valence-electron chi connectivity index (χ3n) is 3.31. The van der Waals surface area contributed by atoms with E-state index in [1.54, 1.807) is 6.20 Å². The van der Waals surface area contributed by atoms with E-state index in [0.29, 0.717) is 19.8 Å². The van der Waals surface area contributed by atoms with E-state index in [-0.39, 0.29) is 12.1 Å². The van der Waals surface area contributed by atoms with E-state index in [1.807, 2.05) is 24.7 Å². The van der Waals surface area contributed by atoms with Crippen molar-refractivity contribution >= 4 is 10.0 Å². The molecule has 0 amide bonds. The lowest BCUT2D eigenvalue weighted by Gasteiger charge is -2.29. The van der Waals surface area contributed by atoms with E-state index in [4.69, 9.17) is 9.47 Å². The third kappa shape index (κ3) is 8.40. The first-order valence-corrected chi connectivity index (χ1v) is 9.44. The Hall–Kier alpha value is -1.03. The lowest BCUT2D eigenvalue weighted by molar-refractivity contribution is -0.0800. The van der Waals surface area contributed by atoms with Gasteiger partial charge in [-0.2, -0.15) is 0 Å². The van der Waals surface area contributed by atoms with Crippen LogP contribution in [-0.2, 0) is 25.0 Å². The number of rotatable bonds is 11. The molecule has 0 aliphatic heterocycles. The molecule has 134 valence electrons. The van der Waals surface area contributed by atoms with Gasteiger partial charge in [0.1, 0.15) is 0 Å². The average Bonchev–Trinajstić information content (AvgIpc) is 2.90. The predicted octanol–water partition coefficient (Wildman–Crippen LogP) is 0.764. The van der Waals surface area contributed by atoms with Crippen LogP contribution >= 0.6 is 0 Å². The summed E-state index contributed by atoms with van der Waals surface area (Å²) in [5.74, 6) is 0. The molecule has 0 bridgehead atoms. The molecule has 0 radical (unpaired) electrons. The molecule has 0 fully saturated rings. The summed E-state index contributed by atoms with van der Waals surface area (Å²) in [5, 5.41) is 7.85. The summed E-state index contributed by atoms with van der Waals surface area (Å²) in [6.45, 7) is 9.56. The van der Waals surface area contributed by atoms with Crippen LogP contribution < -0.4 is 4.72 Å². The zero-order chi connectivity index (χ0) is 17.6. The Bertz CT molecular complexity index is 555. The van der Waals surface area contributed by atoms with Crippen LogP contribution in [0.5, 0.6) is 0 Å². The summed E-state index contributed by atoms with van der Waals surface area (Å²) >= 11 is 0. The van der Waals surface area contributed by atoms with Crippen LogP contribution in [0, 0.1) is 0 Å². The van der Waals surface area contributed by atoms with E-state index in [0.717, 1.165) is 12.7 Å². The van der Waals surface area contributed by atoms with Crippen molar-refractivity contribution in [3.8, 4) is 0 Å². The molecular formula is C14H28N4O4S. The lowest BCUT2D eigenvalue weighted by Crippen LogP contribution is -2.35. The average molecular weight is 348 g/mol. The largest absolute Gasteiger partial charge is 0.377 e. The summed E-state index contributed by atoms with van der Waals surface area (Å²) in [5.41, 5.74) is -0.615. The normalized spacial score (nSPS) is 13.4. The van der Waals surface area contributed by atoms with Crippen molar-refractivity contribution in [1.82, 2.24) is 19.7 Å². The highest BCUT2D eigenvalue weighted by Gasteiger charge is 2.24. The maximum Gasteiger partial charge on any atom is 0.208 e. The molecule has 1 aromatic rings. The third-order valence-corrected chi connectivity index (χ3v) is 4.04. The van der Waals surface area contributed by atoms with Gasteiger partial charge in [0, 0.05) is 19.3 Å². The fraction of sp³-hybridized carbons (Fsp3) is 0.857. The molecule has 0 saturated carbocycles. The number of nitrogens with zero attached hydrogens (tertiary/aromatic N) is 3. The second-order valence-electron chi connectivity index (χ2n) is 6.74. The molecule has 1 aromatic heterocycles. The van der Waals surface area contributed by atoms with Gasteiger partial charge in [-0.25, -0.2) is 17.8 Å². The van der Waals surface area contributed by atoms with Crippen molar-refractivity contribution in [2.24, 2.45) is 0 Å². The molecule has 9 heteroatoms. The molecule has 0 aliphatic rings. The zero-order valence-electron chi connectivity index (χ0n) is 14.6. The van der Waals surface area contributed by atoms with Crippen molar-refractivity contribution in [3.05, 3.63) is 12.4 Å². The Kier molecular flexibility index (Phi) is 7.12. The second-order valence-corrected chi connectivity index (χ2v) is 8.57. The van der Waals surface area contributed by atoms with Crippen LogP contribution in [0.15, 0.2) is 12.4 Å². The van der Waals surface area contributed by atoms with E-state index < -0.39 is 15.6 Å². The van der Waals surface area contributed by atoms with Crippen molar-refractivity contribution < 1.29 is 17.9 Å². The summed E-state index contributed by atoms with van der Waals surface area (Å²) in [4.78, 5) is 0. The predicted molar refractivity (Wildman–Crippen MR) is 87.7 cm³/mol. The van der Waals surface area contributed by atoms with E-state index in [1.165, 1.54) is 0 Å². The molecule has 8 nitrogen and oxygen atoms in total. The van der Waals surface area contributed by atoms with Gasteiger partial charge in [0.15, 0.2) is 0 Å². The standard InChI is InChI=1S/C14H28N4O4S/c1-13(2,18-9-7-15-17-18)6-10-22-14(3,4)12-21-11-8-16-23(5,19)20/h7,9,16H,6,8,10-12H2,1-5H3. The van der Waals surface area contributed by atoms with E-state index >= 15 is 0 Å². The van der Waals surface area contributed by atoms with Gasteiger partial charge in [-0.15, -0.1) is 5.10 Å².